The van der Waals surface area contributed by atoms with Crippen LogP contribution in [-0.2, 0) is 30.0 Å². The maximum Gasteiger partial charge on any atom is 0.337 e. The van der Waals surface area contributed by atoms with Crippen molar-refractivity contribution in [1.29, 1.82) is 0 Å². The standard InChI is InChI=1S/C35H35FN6O5/c1-17-21-9-8-12-45-29(21)24(36)14-22(17)28-23-15-26(33-39-31(40-47-33)19-10-11-25-20(13-19)16-37-42(25)7)41(6)32(23)38-18(2)27(28)30(34(43)44)46-35(3,4)5/h10-11,13-16,30H,8-9,12H2,1-7H3,(H,43,44). The van der Waals surface area contributed by atoms with Gasteiger partial charge < -0.3 is 23.7 Å². The normalized spacial score (nSPS) is 14.0. The molecule has 7 rings (SSSR count). The minimum absolute atomic E-state index is 0.249. The van der Waals surface area contributed by atoms with Crippen molar-refractivity contribution in [2.24, 2.45) is 14.1 Å². The van der Waals surface area contributed by atoms with Crippen molar-refractivity contribution >= 4 is 27.9 Å². The number of fused-ring (bicyclic) bond motifs is 3. The van der Waals surface area contributed by atoms with Crippen LogP contribution in [0.4, 0.5) is 4.39 Å². The summed E-state index contributed by atoms with van der Waals surface area (Å²) in [5.74, 6) is -0.773. The Morgan fingerprint density at radius 2 is 1.91 bits per heavy atom. The molecule has 0 saturated heterocycles. The number of aryl methyl sites for hydroxylation is 3. The van der Waals surface area contributed by atoms with Gasteiger partial charge in [0.25, 0.3) is 5.89 Å². The Balaban J connectivity index is 1.46. The maximum absolute atomic E-state index is 15.7. The molecule has 6 aromatic rings. The largest absolute Gasteiger partial charge is 0.490 e. The fraction of sp³-hybridized carbons (Fsp3) is 0.343. The van der Waals surface area contributed by atoms with Crippen molar-refractivity contribution in [2.75, 3.05) is 6.61 Å². The molecule has 0 saturated carbocycles. The van der Waals surface area contributed by atoms with Gasteiger partial charge in [0.15, 0.2) is 17.7 Å². The number of carboxylic acids is 1. The first-order valence-electron chi connectivity index (χ1n) is 15.4. The molecule has 1 aliphatic heterocycles. The monoisotopic (exact) mass is 638 g/mol. The Hall–Kier alpha value is -5.10. The summed E-state index contributed by atoms with van der Waals surface area (Å²) < 4.78 is 37.0. The van der Waals surface area contributed by atoms with E-state index in [4.69, 9.17) is 24.0 Å². The molecule has 0 bridgehead atoms. The number of benzene rings is 2. The lowest BCUT2D eigenvalue weighted by Crippen LogP contribution is -2.28. The van der Waals surface area contributed by atoms with Gasteiger partial charge in [-0.25, -0.2) is 14.2 Å². The van der Waals surface area contributed by atoms with Crippen molar-refractivity contribution < 1.29 is 28.3 Å². The number of hydrogen-bond acceptors (Lipinski definition) is 8. The zero-order valence-electron chi connectivity index (χ0n) is 27.3. The molecule has 242 valence electrons. The summed E-state index contributed by atoms with van der Waals surface area (Å²) in [6, 6.07) is 9.08. The smallest absolute Gasteiger partial charge is 0.337 e. The van der Waals surface area contributed by atoms with Gasteiger partial charge in [-0.05, 0) is 88.9 Å². The predicted molar refractivity (Wildman–Crippen MR) is 174 cm³/mol. The van der Waals surface area contributed by atoms with E-state index in [1.807, 2.05) is 49.9 Å². The first kappa shape index (κ1) is 30.5. The summed E-state index contributed by atoms with van der Waals surface area (Å²) in [7, 11) is 3.71. The van der Waals surface area contributed by atoms with Crippen LogP contribution in [0.2, 0.25) is 0 Å². The van der Waals surface area contributed by atoms with Crippen LogP contribution >= 0.6 is 0 Å². The second-order valence-corrected chi connectivity index (χ2v) is 13.0. The average Bonchev–Trinajstić information content (AvgIpc) is 3.74. The Bertz CT molecular complexity index is 2220. The Morgan fingerprint density at radius 3 is 2.66 bits per heavy atom. The lowest BCUT2D eigenvalue weighted by Gasteiger charge is -2.29. The molecule has 0 aliphatic carbocycles. The van der Waals surface area contributed by atoms with E-state index in [1.54, 1.807) is 38.6 Å². The van der Waals surface area contributed by atoms with Crippen LogP contribution in [0.15, 0.2) is 41.1 Å². The predicted octanol–water partition coefficient (Wildman–Crippen LogP) is 6.87. The topological polar surface area (TPSA) is 130 Å². The fourth-order valence-corrected chi connectivity index (χ4v) is 6.52. The summed E-state index contributed by atoms with van der Waals surface area (Å²) >= 11 is 0. The van der Waals surface area contributed by atoms with Gasteiger partial charge in [0.2, 0.25) is 5.82 Å². The van der Waals surface area contributed by atoms with Crippen LogP contribution in [0.5, 0.6) is 5.75 Å². The summed E-state index contributed by atoms with van der Waals surface area (Å²) in [5.41, 5.74) is 5.51. The molecule has 0 fully saturated rings. The molecule has 1 unspecified atom stereocenters. The van der Waals surface area contributed by atoms with Gasteiger partial charge >= 0.3 is 5.97 Å². The van der Waals surface area contributed by atoms with Gasteiger partial charge in [0.1, 0.15) is 11.3 Å². The van der Waals surface area contributed by atoms with Gasteiger partial charge in [0, 0.05) is 52.8 Å². The summed E-state index contributed by atoms with van der Waals surface area (Å²) in [6.07, 6.45) is 1.80. The van der Waals surface area contributed by atoms with Crippen molar-refractivity contribution in [3.05, 3.63) is 64.7 Å². The minimum Gasteiger partial charge on any atom is -0.490 e. The molecule has 4 aromatic heterocycles. The second kappa shape index (κ2) is 11.0. The molecule has 1 N–H and O–H groups in total. The molecule has 5 heterocycles. The highest BCUT2D eigenvalue weighted by Gasteiger charge is 2.35. The quantitative estimate of drug-likeness (QED) is 0.208. The molecule has 12 heteroatoms. The average molecular weight is 639 g/mol. The number of aliphatic carboxylic acids is 1. The summed E-state index contributed by atoms with van der Waals surface area (Å²) in [5, 5.41) is 20.6. The van der Waals surface area contributed by atoms with Gasteiger partial charge in [-0.15, -0.1) is 0 Å². The van der Waals surface area contributed by atoms with Crippen LogP contribution in [0.1, 0.15) is 55.7 Å². The highest BCUT2D eigenvalue weighted by atomic mass is 19.1. The van der Waals surface area contributed by atoms with E-state index >= 15 is 4.39 Å². The SMILES string of the molecule is Cc1nc2c(cc(-c3nc(-c4ccc5c(cnn5C)c4)no3)n2C)c(-c2cc(F)c3c(c2C)CCCO3)c1C(OC(C)(C)C)C(=O)O. The Kier molecular flexibility index (Phi) is 7.16. The summed E-state index contributed by atoms with van der Waals surface area (Å²) in [4.78, 5) is 22.5. The molecule has 0 radical (unpaired) electrons. The zero-order chi connectivity index (χ0) is 33.4. The third-order valence-corrected chi connectivity index (χ3v) is 8.72. The number of pyridine rings is 1. The molecular formula is C35H35FN6O5. The van der Waals surface area contributed by atoms with Gasteiger partial charge in [-0.3, -0.25) is 4.68 Å². The number of carbonyl (C=O) groups is 1. The molecule has 1 atom stereocenters. The van der Waals surface area contributed by atoms with E-state index < -0.39 is 23.5 Å². The third kappa shape index (κ3) is 5.12. The van der Waals surface area contributed by atoms with Crippen LogP contribution in [0.25, 0.3) is 56.0 Å². The number of ether oxygens (including phenoxy) is 2. The van der Waals surface area contributed by atoms with Crippen LogP contribution in [0.3, 0.4) is 0 Å². The number of halogens is 1. The fourth-order valence-electron chi connectivity index (χ4n) is 6.52. The van der Waals surface area contributed by atoms with E-state index in [9.17, 15) is 9.90 Å². The van der Waals surface area contributed by atoms with E-state index in [0.29, 0.717) is 58.0 Å². The van der Waals surface area contributed by atoms with Gasteiger partial charge in [-0.1, -0.05) is 5.16 Å². The van der Waals surface area contributed by atoms with Crippen molar-refractivity contribution in [3.8, 4) is 39.8 Å². The van der Waals surface area contributed by atoms with E-state index in [1.165, 1.54) is 6.07 Å². The molecular weight excluding hydrogens is 603 g/mol. The second-order valence-electron chi connectivity index (χ2n) is 13.0. The van der Waals surface area contributed by atoms with E-state index in [-0.39, 0.29) is 11.6 Å². The Labute approximate surface area is 269 Å². The van der Waals surface area contributed by atoms with E-state index in [0.717, 1.165) is 34.0 Å². The zero-order valence-corrected chi connectivity index (χ0v) is 27.3. The third-order valence-electron chi connectivity index (χ3n) is 8.72. The highest BCUT2D eigenvalue weighted by Crippen LogP contribution is 2.45. The number of rotatable bonds is 6. The van der Waals surface area contributed by atoms with Crippen LogP contribution in [-0.4, -0.2) is 52.8 Å². The van der Waals surface area contributed by atoms with Crippen LogP contribution < -0.4 is 4.74 Å². The minimum atomic E-state index is -1.38. The lowest BCUT2D eigenvalue weighted by molar-refractivity contribution is -0.160. The Morgan fingerprint density at radius 1 is 1.13 bits per heavy atom. The van der Waals surface area contributed by atoms with Gasteiger partial charge in [-0.2, -0.15) is 10.1 Å². The van der Waals surface area contributed by atoms with Crippen molar-refractivity contribution in [3.63, 3.8) is 0 Å². The number of hydrogen-bond donors (Lipinski definition) is 1. The van der Waals surface area contributed by atoms with Crippen molar-refractivity contribution in [2.45, 2.75) is 59.2 Å². The highest BCUT2D eigenvalue weighted by molar-refractivity contribution is 6.01. The molecule has 0 amide bonds. The number of aromatic nitrogens is 6. The van der Waals surface area contributed by atoms with Crippen LogP contribution in [0, 0.1) is 19.7 Å². The first-order valence-corrected chi connectivity index (χ1v) is 15.4. The molecule has 11 nitrogen and oxygen atoms in total. The molecule has 0 spiro atoms. The first-order chi connectivity index (χ1) is 22.3. The molecule has 47 heavy (non-hydrogen) atoms. The molecule has 1 aliphatic rings. The summed E-state index contributed by atoms with van der Waals surface area (Å²) in [6.45, 7) is 9.50. The van der Waals surface area contributed by atoms with Crippen molar-refractivity contribution in [1.82, 2.24) is 29.5 Å². The number of carboxylic acid groups (broad SMARTS) is 1. The molecule has 2 aromatic carbocycles. The lowest BCUT2D eigenvalue weighted by atomic mass is 9.86. The number of nitrogens with zero attached hydrogens (tertiary/aromatic N) is 6. The maximum atomic E-state index is 15.7. The van der Waals surface area contributed by atoms with Gasteiger partial charge in [0.05, 0.1) is 23.9 Å². The van der Waals surface area contributed by atoms with E-state index in [2.05, 4.69) is 10.3 Å².